The van der Waals surface area contributed by atoms with Crippen LogP contribution in [0.5, 0.6) is 5.75 Å². The van der Waals surface area contributed by atoms with Crippen molar-refractivity contribution in [2.45, 2.75) is 13.0 Å². The molecule has 0 aliphatic heterocycles. The Hall–Kier alpha value is -2.00. The van der Waals surface area contributed by atoms with Crippen molar-refractivity contribution in [3.8, 4) is 5.75 Å². The first-order valence-corrected chi connectivity index (χ1v) is 6.54. The monoisotopic (exact) mass is 291 g/mol. The maximum Gasteiger partial charge on any atom is 0.124 e. The highest BCUT2D eigenvalue weighted by molar-refractivity contribution is 6.31. The van der Waals surface area contributed by atoms with Crippen molar-refractivity contribution >= 4 is 17.3 Å². The van der Waals surface area contributed by atoms with E-state index in [-0.39, 0.29) is 12.4 Å². The van der Waals surface area contributed by atoms with Crippen molar-refractivity contribution in [3.05, 3.63) is 71.0 Å². The van der Waals surface area contributed by atoms with Gasteiger partial charge in [0.1, 0.15) is 18.2 Å². The van der Waals surface area contributed by atoms with E-state index in [9.17, 15) is 4.39 Å². The van der Waals surface area contributed by atoms with Crippen molar-refractivity contribution in [1.82, 2.24) is 0 Å². The molecule has 2 N–H and O–H groups in total. The topological polar surface area (TPSA) is 35.2 Å². The highest BCUT2D eigenvalue weighted by Gasteiger charge is 2.06. The molecule has 2 aromatic rings. The Kier molecular flexibility index (Phi) is 4.64. The third-order valence-electron chi connectivity index (χ3n) is 2.85. The van der Waals surface area contributed by atoms with E-state index in [0.29, 0.717) is 17.1 Å². The number of rotatable bonds is 5. The van der Waals surface area contributed by atoms with Gasteiger partial charge in [0, 0.05) is 11.3 Å². The summed E-state index contributed by atoms with van der Waals surface area (Å²) in [6.07, 6.45) is 2.45. The van der Waals surface area contributed by atoms with Crippen LogP contribution >= 0.6 is 11.6 Å². The Morgan fingerprint density at radius 1 is 1.20 bits per heavy atom. The van der Waals surface area contributed by atoms with Gasteiger partial charge >= 0.3 is 0 Å². The van der Waals surface area contributed by atoms with Gasteiger partial charge in [-0.05, 0) is 42.3 Å². The predicted octanol–water partition coefficient (Wildman–Crippen LogP) is 4.37. The Balaban J connectivity index is 2.16. The first-order valence-electron chi connectivity index (χ1n) is 6.16. The largest absolute Gasteiger partial charge is 0.489 e. The number of ether oxygens (including phenoxy) is 1. The van der Waals surface area contributed by atoms with E-state index >= 15 is 0 Å². The van der Waals surface area contributed by atoms with Gasteiger partial charge in [-0.15, -0.1) is 6.58 Å². The second kappa shape index (κ2) is 6.44. The molecule has 2 nitrogen and oxygen atoms in total. The molecule has 0 spiro atoms. The van der Waals surface area contributed by atoms with Gasteiger partial charge in [0.25, 0.3) is 0 Å². The number of nitrogens with two attached hydrogens (primary N) is 1. The van der Waals surface area contributed by atoms with Crippen LogP contribution in [0, 0.1) is 5.82 Å². The molecule has 0 aliphatic rings. The number of hydrogen-bond acceptors (Lipinski definition) is 2. The molecule has 0 fully saturated rings. The molecule has 2 aromatic carbocycles. The molecule has 20 heavy (non-hydrogen) atoms. The third kappa shape index (κ3) is 3.52. The van der Waals surface area contributed by atoms with Gasteiger partial charge in [-0.25, -0.2) is 4.39 Å². The van der Waals surface area contributed by atoms with Gasteiger partial charge < -0.3 is 10.5 Å². The molecule has 0 bridgehead atoms. The molecule has 0 atom stereocenters. The van der Waals surface area contributed by atoms with Gasteiger partial charge in [-0.2, -0.15) is 0 Å². The molecule has 4 heteroatoms. The second-order valence-electron chi connectivity index (χ2n) is 4.38. The van der Waals surface area contributed by atoms with E-state index in [1.807, 2.05) is 12.1 Å². The number of allylic oxidation sites excluding steroid dienone is 1. The third-order valence-corrected chi connectivity index (χ3v) is 3.20. The van der Waals surface area contributed by atoms with Crippen LogP contribution in [-0.2, 0) is 13.0 Å². The lowest BCUT2D eigenvalue weighted by molar-refractivity contribution is 0.303. The summed E-state index contributed by atoms with van der Waals surface area (Å²) in [7, 11) is 0. The number of nitrogen functional groups attached to an aromatic ring is 1. The van der Waals surface area contributed by atoms with Crippen LogP contribution in [0.15, 0.2) is 49.1 Å². The lowest BCUT2D eigenvalue weighted by Gasteiger charge is -2.12. The van der Waals surface area contributed by atoms with Gasteiger partial charge in [0.2, 0.25) is 0 Å². The molecule has 104 valence electrons. The van der Waals surface area contributed by atoms with E-state index in [1.165, 1.54) is 12.1 Å². The van der Waals surface area contributed by atoms with Crippen molar-refractivity contribution in [1.29, 1.82) is 0 Å². The SMILES string of the molecule is C=CCc1cc(N)ccc1OCc1ccc(F)cc1Cl. The van der Waals surface area contributed by atoms with Crippen molar-refractivity contribution in [3.63, 3.8) is 0 Å². The van der Waals surface area contributed by atoms with Crippen molar-refractivity contribution in [2.75, 3.05) is 5.73 Å². The zero-order valence-corrected chi connectivity index (χ0v) is 11.7. The van der Waals surface area contributed by atoms with E-state index in [4.69, 9.17) is 22.1 Å². The van der Waals surface area contributed by atoms with E-state index in [0.717, 1.165) is 16.9 Å². The van der Waals surface area contributed by atoms with Crippen LogP contribution in [0.2, 0.25) is 5.02 Å². The fraction of sp³-hybridized carbons (Fsp3) is 0.125. The minimum Gasteiger partial charge on any atom is -0.489 e. The lowest BCUT2D eigenvalue weighted by atomic mass is 10.1. The van der Waals surface area contributed by atoms with E-state index < -0.39 is 0 Å². The fourth-order valence-corrected chi connectivity index (χ4v) is 2.07. The Morgan fingerprint density at radius 3 is 2.70 bits per heavy atom. The summed E-state index contributed by atoms with van der Waals surface area (Å²) < 4.78 is 18.7. The highest BCUT2D eigenvalue weighted by atomic mass is 35.5. The van der Waals surface area contributed by atoms with Crippen LogP contribution < -0.4 is 10.5 Å². The zero-order chi connectivity index (χ0) is 14.5. The summed E-state index contributed by atoms with van der Waals surface area (Å²) >= 11 is 5.97. The van der Waals surface area contributed by atoms with Gasteiger partial charge in [-0.1, -0.05) is 23.7 Å². The Bertz CT molecular complexity index is 628. The van der Waals surface area contributed by atoms with Crippen molar-refractivity contribution < 1.29 is 9.13 Å². The normalized spacial score (nSPS) is 10.3. The first kappa shape index (κ1) is 14.4. The molecule has 0 aromatic heterocycles. The quantitative estimate of drug-likeness (QED) is 0.656. The maximum absolute atomic E-state index is 13.0. The molecule has 0 unspecified atom stereocenters. The molecule has 0 amide bonds. The van der Waals surface area contributed by atoms with Crippen LogP contribution in [0.3, 0.4) is 0 Å². The van der Waals surface area contributed by atoms with Crippen LogP contribution in [0.1, 0.15) is 11.1 Å². The molecule has 0 heterocycles. The minimum atomic E-state index is -0.362. The molecular weight excluding hydrogens is 277 g/mol. The second-order valence-corrected chi connectivity index (χ2v) is 4.79. The fourth-order valence-electron chi connectivity index (χ4n) is 1.85. The lowest BCUT2D eigenvalue weighted by Crippen LogP contribution is -2.00. The number of anilines is 1. The van der Waals surface area contributed by atoms with Crippen LogP contribution in [-0.4, -0.2) is 0 Å². The van der Waals surface area contributed by atoms with Gasteiger partial charge in [-0.3, -0.25) is 0 Å². The smallest absolute Gasteiger partial charge is 0.124 e. The van der Waals surface area contributed by atoms with Gasteiger partial charge in [0.05, 0.1) is 5.02 Å². The van der Waals surface area contributed by atoms with E-state index in [2.05, 4.69) is 6.58 Å². The number of halogens is 2. The van der Waals surface area contributed by atoms with Crippen LogP contribution in [0.4, 0.5) is 10.1 Å². The number of hydrogen-bond donors (Lipinski definition) is 1. The summed E-state index contributed by atoms with van der Waals surface area (Å²) in [6.45, 7) is 3.98. The first-order chi connectivity index (χ1) is 9.60. The minimum absolute atomic E-state index is 0.271. The van der Waals surface area contributed by atoms with Gasteiger partial charge in [0.15, 0.2) is 0 Å². The summed E-state index contributed by atoms with van der Waals surface area (Å²) in [6, 6.07) is 9.68. The standard InChI is InChI=1S/C16H15ClFNO/c1-2-3-11-8-14(19)6-7-16(11)20-10-12-4-5-13(18)9-15(12)17/h2,4-9H,1,3,10,19H2. The summed E-state index contributed by atoms with van der Waals surface area (Å²) in [5, 5.41) is 0.353. The highest BCUT2D eigenvalue weighted by Crippen LogP contribution is 2.25. The number of benzene rings is 2. The predicted molar refractivity (Wildman–Crippen MR) is 80.5 cm³/mol. The molecule has 2 rings (SSSR count). The summed E-state index contributed by atoms with van der Waals surface area (Å²) in [5.41, 5.74) is 8.12. The summed E-state index contributed by atoms with van der Waals surface area (Å²) in [4.78, 5) is 0. The molecular formula is C16H15ClFNO. The molecule has 0 radical (unpaired) electrons. The average molecular weight is 292 g/mol. The molecule has 0 saturated heterocycles. The van der Waals surface area contributed by atoms with Crippen molar-refractivity contribution in [2.24, 2.45) is 0 Å². The van der Waals surface area contributed by atoms with E-state index in [1.54, 1.807) is 18.2 Å². The molecule has 0 saturated carbocycles. The Labute approximate surface area is 122 Å². The summed E-state index contributed by atoms with van der Waals surface area (Å²) in [5.74, 6) is 0.359. The maximum atomic E-state index is 13.0. The Morgan fingerprint density at radius 2 is 2.00 bits per heavy atom. The molecule has 0 aliphatic carbocycles. The van der Waals surface area contributed by atoms with Crippen LogP contribution in [0.25, 0.3) is 0 Å². The zero-order valence-electron chi connectivity index (χ0n) is 10.9. The average Bonchev–Trinajstić information content (AvgIpc) is 2.40.